The fourth-order valence-corrected chi connectivity index (χ4v) is 6.44. The van der Waals surface area contributed by atoms with Gasteiger partial charge >= 0.3 is 0 Å². The minimum absolute atomic E-state index is 0.0510. The molecule has 1 aliphatic rings. The molecular weight excluding hydrogens is 437 g/mol. The average Bonchev–Trinajstić information content (AvgIpc) is 3.01. The molecule has 1 aliphatic heterocycles. The molecule has 0 aliphatic carbocycles. The van der Waals surface area contributed by atoms with Crippen LogP contribution in [0.4, 0.5) is 0 Å². The maximum Gasteiger partial charge on any atom is 0.244 e. The van der Waals surface area contributed by atoms with E-state index >= 15 is 0 Å². The molecule has 0 unspecified atom stereocenters. The molecule has 1 N–H and O–H groups in total. The monoisotopic (exact) mass is 443 g/mol. The van der Waals surface area contributed by atoms with Gasteiger partial charge in [0.1, 0.15) is 13.6 Å². The summed E-state index contributed by atoms with van der Waals surface area (Å²) in [5, 5.41) is 0. The SMILES string of the molecule is O=S(=O)(NCc1ccc2c(c1)OCO2)c1c(Cl)sc(Cl)c1Br. The van der Waals surface area contributed by atoms with Crippen LogP contribution in [-0.4, -0.2) is 15.2 Å². The Morgan fingerprint density at radius 1 is 1.23 bits per heavy atom. The molecule has 1 aromatic heterocycles. The van der Waals surface area contributed by atoms with Crippen molar-refractivity contribution in [1.82, 2.24) is 4.72 Å². The van der Waals surface area contributed by atoms with Gasteiger partial charge in [0.25, 0.3) is 0 Å². The Bertz CT molecular complexity index is 838. The van der Waals surface area contributed by atoms with E-state index in [1.54, 1.807) is 18.2 Å². The zero-order valence-corrected chi connectivity index (χ0v) is 15.5. The Balaban J connectivity index is 1.80. The normalized spacial score (nSPS) is 13.6. The van der Waals surface area contributed by atoms with E-state index in [0.717, 1.165) is 16.9 Å². The summed E-state index contributed by atoms with van der Waals surface area (Å²) < 4.78 is 38.3. The van der Waals surface area contributed by atoms with Crippen LogP contribution in [-0.2, 0) is 16.6 Å². The lowest BCUT2D eigenvalue weighted by Crippen LogP contribution is -2.23. The number of rotatable bonds is 4. The van der Waals surface area contributed by atoms with Gasteiger partial charge in [0.05, 0.1) is 4.47 Å². The summed E-state index contributed by atoms with van der Waals surface area (Å²) in [6.07, 6.45) is 0. The van der Waals surface area contributed by atoms with Crippen molar-refractivity contribution in [3.8, 4) is 11.5 Å². The van der Waals surface area contributed by atoms with Gasteiger partial charge < -0.3 is 9.47 Å². The summed E-state index contributed by atoms with van der Waals surface area (Å²) in [5.41, 5.74) is 0.737. The number of ether oxygens (including phenoxy) is 2. The second-order valence-electron chi connectivity index (χ2n) is 4.30. The van der Waals surface area contributed by atoms with Crippen molar-refractivity contribution in [2.24, 2.45) is 0 Å². The molecule has 5 nitrogen and oxygen atoms in total. The molecule has 2 heterocycles. The van der Waals surface area contributed by atoms with E-state index in [9.17, 15) is 8.42 Å². The van der Waals surface area contributed by atoms with Crippen molar-refractivity contribution < 1.29 is 17.9 Å². The molecule has 0 fully saturated rings. The van der Waals surface area contributed by atoms with E-state index in [0.29, 0.717) is 11.5 Å². The first-order valence-electron chi connectivity index (χ1n) is 5.90. The summed E-state index contributed by atoms with van der Waals surface area (Å²) in [6, 6.07) is 5.21. The van der Waals surface area contributed by atoms with Crippen LogP contribution in [0.5, 0.6) is 11.5 Å². The summed E-state index contributed by atoms with van der Waals surface area (Å²) in [7, 11) is -3.79. The molecule has 1 aromatic carbocycles. The zero-order chi connectivity index (χ0) is 15.9. The number of nitrogens with one attached hydrogen (secondary N) is 1. The Kier molecular flexibility index (Phi) is 4.59. The average molecular weight is 445 g/mol. The maximum atomic E-state index is 12.4. The molecule has 118 valence electrons. The second kappa shape index (κ2) is 6.18. The summed E-state index contributed by atoms with van der Waals surface area (Å²) in [6.45, 7) is 0.260. The van der Waals surface area contributed by atoms with Gasteiger partial charge in [0.2, 0.25) is 16.8 Å². The first-order valence-corrected chi connectivity index (χ1v) is 9.75. The first kappa shape index (κ1) is 16.4. The van der Waals surface area contributed by atoms with Gasteiger partial charge in [0, 0.05) is 6.54 Å². The summed E-state index contributed by atoms with van der Waals surface area (Å²) in [5.74, 6) is 1.23. The number of hydrogen-bond acceptors (Lipinski definition) is 5. The number of fused-ring (bicyclic) bond motifs is 1. The highest BCUT2D eigenvalue weighted by atomic mass is 79.9. The van der Waals surface area contributed by atoms with Crippen LogP contribution in [0.1, 0.15) is 5.56 Å². The van der Waals surface area contributed by atoms with E-state index in [-0.39, 0.29) is 31.4 Å². The van der Waals surface area contributed by atoms with Crippen molar-refractivity contribution in [3.63, 3.8) is 0 Å². The highest BCUT2D eigenvalue weighted by Crippen LogP contribution is 2.42. The molecule has 22 heavy (non-hydrogen) atoms. The Morgan fingerprint density at radius 2 is 1.95 bits per heavy atom. The van der Waals surface area contributed by atoms with Crippen LogP contribution in [0.25, 0.3) is 0 Å². The molecule has 3 rings (SSSR count). The molecular formula is C12H8BrCl2NO4S2. The summed E-state index contributed by atoms with van der Waals surface area (Å²) >= 11 is 16.0. The van der Waals surface area contributed by atoms with Crippen LogP contribution >= 0.6 is 50.5 Å². The third kappa shape index (κ3) is 3.08. The van der Waals surface area contributed by atoms with Crippen molar-refractivity contribution in [2.75, 3.05) is 6.79 Å². The Labute approximate surface area is 149 Å². The largest absolute Gasteiger partial charge is 0.454 e. The van der Waals surface area contributed by atoms with Crippen LogP contribution in [0.3, 0.4) is 0 Å². The van der Waals surface area contributed by atoms with E-state index in [1.165, 1.54) is 0 Å². The Hall–Kier alpha value is -0.510. The predicted molar refractivity (Wildman–Crippen MR) is 88.6 cm³/mol. The fourth-order valence-electron chi connectivity index (χ4n) is 1.87. The number of sulfonamides is 1. The zero-order valence-electron chi connectivity index (χ0n) is 10.7. The quantitative estimate of drug-likeness (QED) is 0.773. The van der Waals surface area contributed by atoms with Crippen LogP contribution in [0, 0.1) is 0 Å². The van der Waals surface area contributed by atoms with Gasteiger partial charge in [-0.2, -0.15) is 0 Å². The van der Waals surface area contributed by atoms with Gasteiger partial charge in [-0.3, -0.25) is 0 Å². The van der Waals surface area contributed by atoms with Gasteiger partial charge in [0.15, 0.2) is 11.5 Å². The van der Waals surface area contributed by atoms with Crippen molar-refractivity contribution in [3.05, 3.63) is 36.9 Å². The van der Waals surface area contributed by atoms with Gasteiger partial charge in [-0.05, 0) is 33.6 Å². The molecule has 0 saturated heterocycles. The molecule has 0 amide bonds. The molecule has 2 aromatic rings. The minimum Gasteiger partial charge on any atom is -0.454 e. The van der Waals surface area contributed by atoms with Crippen LogP contribution in [0.2, 0.25) is 8.67 Å². The smallest absolute Gasteiger partial charge is 0.244 e. The van der Waals surface area contributed by atoms with Gasteiger partial charge in [-0.1, -0.05) is 29.3 Å². The molecule has 10 heteroatoms. The van der Waals surface area contributed by atoms with Crippen LogP contribution in [0.15, 0.2) is 27.6 Å². The van der Waals surface area contributed by atoms with E-state index in [4.69, 9.17) is 32.7 Å². The number of thiophene rings is 1. The standard InChI is InChI=1S/C12H8BrCl2NO4S2/c13-9-10(12(15)21-11(9)14)22(17,18)16-4-6-1-2-7-8(3-6)20-5-19-7/h1-3,16H,4-5H2. The Morgan fingerprint density at radius 3 is 2.64 bits per heavy atom. The third-order valence-electron chi connectivity index (χ3n) is 2.90. The topological polar surface area (TPSA) is 64.6 Å². The highest BCUT2D eigenvalue weighted by Gasteiger charge is 2.26. The highest BCUT2D eigenvalue weighted by molar-refractivity contribution is 9.10. The number of halogens is 3. The molecule has 0 saturated carbocycles. The van der Waals surface area contributed by atoms with E-state index < -0.39 is 10.0 Å². The van der Waals surface area contributed by atoms with Crippen LogP contribution < -0.4 is 14.2 Å². The molecule has 0 spiro atoms. The lowest BCUT2D eigenvalue weighted by atomic mass is 10.2. The molecule has 0 atom stereocenters. The van der Waals surface area contributed by atoms with Crippen molar-refractivity contribution in [1.29, 1.82) is 0 Å². The second-order valence-corrected chi connectivity index (χ2v) is 9.03. The minimum atomic E-state index is -3.79. The molecule has 0 bridgehead atoms. The predicted octanol–water partition coefficient (Wildman–Crippen LogP) is 4.02. The number of hydrogen-bond donors (Lipinski definition) is 1. The lowest BCUT2D eigenvalue weighted by Gasteiger charge is -2.07. The third-order valence-corrected chi connectivity index (χ3v) is 7.77. The van der Waals surface area contributed by atoms with E-state index in [2.05, 4.69) is 20.7 Å². The van der Waals surface area contributed by atoms with E-state index in [1.807, 2.05) is 0 Å². The molecule has 0 radical (unpaired) electrons. The van der Waals surface area contributed by atoms with Crippen molar-refractivity contribution >= 4 is 60.5 Å². The van der Waals surface area contributed by atoms with Crippen molar-refractivity contribution in [2.45, 2.75) is 11.4 Å². The van der Waals surface area contributed by atoms with Gasteiger partial charge in [-0.25, -0.2) is 13.1 Å². The first-order chi connectivity index (χ1) is 10.4. The van der Waals surface area contributed by atoms with Gasteiger partial charge in [-0.15, -0.1) is 11.3 Å². The maximum absolute atomic E-state index is 12.4. The lowest BCUT2D eigenvalue weighted by molar-refractivity contribution is 0.174. The summed E-state index contributed by atoms with van der Waals surface area (Å²) in [4.78, 5) is -0.0510. The number of benzene rings is 1. The fraction of sp³-hybridized carbons (Fsp3) is 0.167.